The summed E-state index contributed by atoms with van der Waals surface area (Å²) < 4.78 is 31.8. The summed E-state index contributed by atoms with van der Waals surface area (Å²) >= 11 is 0. The van der Waals surface area contributed by atoms with Crippen LogP contribution < -0.4 is 10.1 Å². The van der Waals surface area contributed by atoms with Gasteiger partial charge in [-0.05, 0) is 31.2 Å². The third-order valence-corrected chi connectivity index (χ3v) is 3.02. The first-order chi connectivity index (χ1) is 10.1. The molecule has 5 heteroatoms. The summed E-state index contributed by atoms with van der Waals surface area (Å²) in [6.45, 7) is 2.78. The quantitative estimate of drug-likeness (QED) is 0.858. The summed E-state index contributed by atoms with van der Waals surface area (Å²) in [7, 11) is 0. The minimum Gasteiger partial charge on any atom is -0.504 e. The number of phenolic OH excluding ortho intramolecular Hbond substituents is 1. The molecule has 2 rings (SSSR count). The Labute approximate surface area is 122 Å². The highest BCUT2D eigenvalue weighted by atomic mass is 19.1. The molecular weight excluding hydrogens is 276 g/mol. The van der Waals surface area contributed by atoms with Gasteiger partial charge in [0, 0.05) is 24.2 Å². The molecule has 0 atom stereocenters. The molecule has 2 aromatic rings. The topological polar surface area (TPSA) is 41.5 Å². The zero-order chi connectivity index (χ0) is 15.2. The van der Waals surface area contributed by atoms with E-state index >= 15 is 0 Å². The lowest BCUT2D eigenvalue weighted by Gasteiger charge is -2.11. The van der Waals surface area contributed by atoms with E-state index in [1.165, 1.54) is 0 Å². The molecule has 0 bridgehead atoms. The number of benzene rings is 2. The van der Waals surface area contributed by atoms with Crippen molar-refractivity contribution in [2.45, 2.75) is 20.0 Å². The van der Waals surface area contributed by atoms with E-state index < -0.39 is 11.6 Å². The molecule has 2 aromatic carbocycles. The van der Waals surface area contributed by atoms with Crippen molar-refractivity contribution in [1.82, 2.24) is 5.32 Å². The molecule has 0 saturated carbocycles. The SMILES string of the molecule is CCOc1cccc(CNCc2cc(F)ccc2F)c1O. The van der Waals surface area contributed by atoms with Crippen molar-refractivity contribution >= 4 is 0 Å². The first-order valence-electron chi connectivity index (χ1n) is 6.70. The van der Waals surface area contributed by atoms with Gasteiger partial charge in [0.05, 0.1) is 6.61 Å². The highest BCUT2D eigenvalue weighted by Crippen LogP contribution is 2.29. The fraction of sp³-hybridized carbons (Fsp3) is 0.250. The second-order valence-corrected chi connectivity index (χ2v) is 4.54. The van der Waals surface area contributed by atoms with Gasteiger partial charge in [-0.25, -0.2) is 8.78 Å². The average molecular weight is 293 g/mol. The van der Waals surface area contributed by atoms with Crippen LogP contribution in [0.25, 0.3) is 0 Å². The molecule has 0 saturated heterocycles. The summed E-state index contributed by atoms with van der Waals surface area (Å²) in [4.78, 5) is 0. The van der Waals surface area contributed by atoms with Gasteiger partial charge < -0.3 is 15.2 Å². The third-order valence-electron chi connectivity index (χ3n) is 3.02. The maximum Gasteiger partial charge on any atom is 0.162 e. The highest BCUT2D eigenvalue weighted by molar-refractivity contribution is 5.45. The van der Waals surface area contributed by atoms with Crippen LogP contribution >= 0.6 is 0 Å². The average Bonchev–Trinajstić information content (AvgIpc) is 2.47. The molecule has 0 fully saturated rings. The summed E-state index contributed by atoms with van der Waals surface area (Å²) in [6, 6.07) is 8.51. The zero-order valence-electron chi connectivity index (χ0n) is 11.7. The van der Waals surface area contributed by atoms with E-state index in [2.05, 4.69) is 5.32 Å². The minimum atomic E-state index is -0.477. The van der Waals surface area contributed by atoms with Crippen LogP contribution in [0.3, 0.4) is 0 Å². The van der Waals surface area contributed by atoms with Crippen LogP contribution in [-0.4, -0.2) is 11.7 Å². The Morgan fingerprint density at radius 2 is 1.86 bits per heavy atom. The molecule has 0 aromatic heterocycles. The molecule has 0 radical (unpaired) electrons. The van der Waals surface area contributed by atoms with Crippen LogP contribution in [-0.2, 0) is 13.1 Å². The number of rotatable bonds is 6. The van der Waals surface area contributed by atoms with Gasteiger partial charge in [-0.2, -0.15) is 0 Å². The Hall–Kier alpha value is -2.14. The number of halogens is 2. The molecule has 112 valence electrons. The van der Waals surface area contributed by atoms with Crippen LogP contribution in [0.2, 0.25) is 0 Å². The molecule has 0 spiro atoms. The van der Waals surface area contributed by atoms with Crippen molar-refractivity contribution < 1.29 is 18.6 Å². The molecule has 0 aliphatic heterocycles. The van der Waals surface area contributed by atoms with Crippen molar-refractivity contribution in [3.8, 4) is 11.5 Å². The lowest BCUT2D eigenvalue weighted by atomic mass is 10.1. The summed E-state index contributed by atoms with van der Waals surface area (Å²) in [5.41, 5.74) is 0.883. The van der Waals surface area contributed by atoms with Gasteiger partial charge in [0.15, 0.2) is 11.5 Å². The minimum absolute atomic E-state index is 0.0616. The number of aromatic hydroxyl groups is 1. The van der Waals surface area contributed by atoms with E-state index in [1.54, 1.807) is 18.2 Å². The smallest absolute Gasteiger partial charge is 0.162 e. The monoisotopic (exact) mass is 293 g/mol. The van der Waals surface area contributed by atoms with Crippen LogP contribution in [0.1, 0.15) is 18.1 Å². The van der Waals surface area contributed by atoms with Crippen molar-refractivity contribution in [2.75, 3.05) is 6.61 Å². The zero-order valence-corrected chi connectivity index (χ0v) is 11.7. The van der Waals surface area contributed by atoms with Crippen molar-refractivity contribution in [2.24, 2.45) is 0 Å². The van der Waals surface area contributed by atoms with Crippen molar-refractivity contribution in [3.05, 3.63) is 59.2 Å². The molecule has 2 N–H and O–H groups in total. The predicted molar refractivity (Wildman–Crippen MR) is 76.2 cm³/mol. The summed E-state index contributed by atoms with van der Waals surface area (Å²) in [6.07, 6.45) is 0. The largest absolute Gasteiger partial charge is 0.504 e. The number of para-hydroxylation sites is 1. The second kappa shape index (κ2) is 7.04. The van der Waals surface area contributed by atoms with Crippen LogP contribution in [0.4, 0.5) is 8.78 Å². The molecule has 0 aliphatic carbocycles. The Kier molecular flexibility index (Phi) is 5.11. The standard InChI is InChI=1S/C16H17F2NO2/c1-2-21-15-5-3-4-11(16(15)20)9-19-10-12-8-13(17)6-7-14(12)18/h3-8,19-20H,2,9-10H2,1H3. The lowest BCUT2D eigenvalue weighted by Crippen LogP contribution is -2.14. The second-order valence-electron chi connectivity index (χ2n) is 4.54. The lowest BCUT2D eigenvalue weighted by molar-refractivity contribution is 0.316. The Morgan fingerprint density at radius 1 is 1.10 bits per heavy atom. The van der Waals surface area contributed by atoms with E-state index in [0.717, 1.165) is 18.2 Å². The Bertz CT molecular complexity index is 617. The third kappa shape index (κ3) is 3.92. The van der Waals surface area contributed by atoms with E-state index in [9.17, 15) is 13.9 Å². The Balaban J connectivity index is 2.00. The first-order valence-corrected chi connectivity index (χ1v) is 6.70. The maximum atomic E-state index is 13.5. The molecule has 21 heavy (non-hydrogen) atoms. The van der Waals surface area contributed by atoms with Crippen LogP contribution in [0.5, 0.6) is 11.5 Å². The summed E-state index contributed by atoms with van der Waals surface area (Å²) in [5.74, 6) is -0.467. The normalized spacial score (nSPS) is 10.6. The van der Waals surface area contributed by atoms with E-state index in [-0.39, 0.29) is 17.9 Å². The maximum absolute atomic E-state index is 13.5. The molecule has 0 heterocycles. The molecule has 0 unspecified atom stereocenters. The van der Waals surface area contributed by atoms with E-state index in [4.69, 9.17) is 4.74 Å². The number of hydrogen-bond acceptors (Lipinski definition) is 3. The predicted octanol–water partition coefficient (Wildman–Crippen LogP) is 3.36. The Morgan fingerprint density at radius 3 is 2.62 bits per heavy atom. The molecule has 0 aliphatic rings. The van der Waals surface area contributed by atoms with Crippen LogP contribution in [0.15, 0.2) is 36.4 Å². The number of nitrogens with one attached hydrogen (secondary N) is 1. The van der Waals surface area contributed by atoms with Gasteiger partial charge in [-0.3, -0.25) is 0 Å². The summed E-state index contributed by atoms with van der Waals surface area (Å²) in [5, 5.41) is 13.0. The fourth-order valence-electron chi connectivity index (χ4n) is 1.99. The van der Waals surface area contributed by atoms with E-state index in [1.807, 2.05) is 6.92 Å². The molecule has 0 amide bonds. The fourth-order valence-corrected chi connectivity index (χ4v) is 1.99. The van der Waals surface area contributed by atoms with Crippen molar-refractivity contribution in [3.63, 3.8) is 0 Å². The van der Waals surface area contributed by atoms with Gasteiger partial charge in [-0.1, -0.05) is 12.1 Å². The van der Waals surface area contributed by atoms with Gasteiger partial charge in [0.2, 0.25) is 0 Å². The first kappa shape index (κ1) is 15.3. The van der Waals surface area contributed by atoms with Crippen molar-refractivity contribution in [1.29, 1.82) is 0 Å². The number of hydrogen-bond donors (Lipinski definition) is 2. The van der Waals surface area contributed by atoms with Crippen LogP contribution in [0, 0.1) is 11.6 Å². The number of phenols is 1. The highest BCUT2D eigenvalue weighted by Gasteiger charge is 2.08. The van der Waals surface area contributed by atoms with Gasteiger partial charge in [0.1, 0.15) is 11.6 Å². The van der Waals surface area contributed by atoms with Gasteiger partial charge in [0.25, 0.3) is 0 Å². The molecule has 3 nitrogen and oxygen atoms in total. The number of ether oxygens (including phenoxy) is 1. The molecular formula is C16H17F2NO2. The van der Waals surface area contributed by atoms with Gasteiger partial charge in [-0.15, -0.1) is 0 Å². The van der Waals surface area contributed by atoms with E-state index in [0.29, 0.717) is 24.5 Å². The van der Waals surface area contributed by atoms with Gasteiger partial charge >= 0.3 is 0 Å².